The molecule has 2 aromatic carbocycles. The van der Waals surface area contributed by atoms with Crippen LogP contribution in [0.1, 0.15) is 13.8 Å². The largest absolute Gasteiger partial charge is 0.494 e. The van der Waals surface area contributed by atoms with Crippen molar-refractivity contribution in [2.45, 2.75) is 18.7 Å². The molecule has 0 fully saturated rings. The smallest absolute Gasteiger partial charge is 0.409 e. The van der Waals surface area contributed by atoms with Gasteiger partial charge in [0.2, 0.25) is 5.95 Å². The van der Waals surface area contributed by atoms with Crippen molar-refractivity contribution in [3.05, 3.63) is 41.6 Å². The predicted molar refractivity (Wildman–Crippen MR) is 144 cm³/mol. The van der Waals surface area contributed by atoms with E-state index in [1.165, 1.54) is 31.5 Å². The number of sulfone groups is 1. The summed E-state index contributed by atoms with van der Waals surface area (Å²) in [6, 6.07) is 7.41. The second-order valence-corrected chi connectivity index (χ2v) is 10.2. The average molecular weight is 550 g/mol. The molecule has 1 aromatic heterocycles. The molecular formula is C23H28ClN7O5S. The average Bonchev–Trinajstić information content (AvgIpc) is 2.82. The van der Waals surface area contributed by atoms with Gasteiger partial charge in [-0.3, -0.25) is 0 Å². The SMILES string of the molecule is CCN(CC)c1cc(OC)c(Nc2ncc(Cl)c(Nc3cc(OC(N)=O)ccc3S(C)(=O)=O)n2)cc1N. The number of hydrogen-bond acceptors (Lipinski definition) is 11. The minimum Gasteiger partial charge on any atom is -0.494 e. The molecule has 1 amide bonds. The van der Waals surface area contributed by atoms with E-state index in [9.17, 15) is 13.2 Å². The van der Waals surface area contributed by atoms with Gasteiger partial charge in [-0.05, 0) is 32.0 Å². The summed E-state index contributed by atoms with van der Waals surface area (Å²) in [6.07, 6.45) is 1.32. The Labute approximate surface area is 219 Å². The molecule has 0 saturated heterocycles. The maximum atomic E-state index is 12.3. The number of primary amides is 1. The number of benzene rings is 2. The monoisotopic (exact) mass is 549 g/mol. The lowest BCUT2D eigenvalue weighted by Crippen LogP contribution is -2.23. The van der Waals surface area contributed by atoms with E-state index in [4.69, 9.17) is 32.5 Å². The maximum absolute atomic E-state index is 12.3. The van der Waals surface area contributed by atoms with Crippen molar-refractivity contribution in [2.75, 3.05) is 47.7 Å². The summed E-state index contributed by atoms with van der Waals surface area (Å²) in [4.78, 5) is 21.7. The van der Waals surface area contributed by atoms with Crippen LogP contribution in [0.3, 0.4) is 0 Å². The Morgan fingerprint density at radius 1 is 1.14 bits per heavy atom. The summed E-state index contributed by atoms with van der Waals surface area (Å²) in [7, 11) is -2.14. The molecule has 6 N–H and O–H groups in total. The van der Waals surface area contributed by atoms with E-state index in [-0.39, 0.29) is 33.1 Å². The van der Waals surface area contributed by atoms with Gasteiger partial charge in [0, 0.05) is 31.5 Å². The number of aromatic nitrogens is 2. The Hall–Kier alpha value is -3.97. The fourth-order valence-corrected chi connectivity index (χ4v) is 4.53. The van der Waals surface area contributed by atoms with E-state index in [1.54, 1.807) is 6.07 Å². The minimum atomic E-state index is -3.67. The number of halogens is 1. The molecule has 0 radical (unpaired) electrons. The molecule has 14 heteroatoms. The number of carbonyl (C=O) groups is 1. The fraction of sp³-hybridized carbons (Fsp3) is 0.261. The van der Waals surface area contributed by atoms with Crippen LogP contribution in [-0.2, 0) is 9.84 Å². The van der Waals surface area contributed by atoms with Gasteiger partial charge in [-0.15, -0.1) is 0 Å². The number of carbonyl (C=O) groups excluding carboxylic acids is 1. The number of nitrogens with zero attached hydrogens (tertiary/aromatic N) is 3. The second kappa shape index (κ2) is 11.4. The van der Waals surface area contributed by atoms with Crippen molar-refractivity contribution in [1.82, 2.24) is 9.97 Å². The molecular weight excluding hydrogens is 522 g/mol. The number of amides is 1. The molecule has 198 valence electrons. The molecule has 0 bridgehead atoms. The third-order valence-corrected chi connectivity index (χ3v) is 6.70. The van der Waals surface area contributed by atoms with E-state index in [2.05, 4.69) is 25.5 Å². The highest BCUT2D eigenvalue weighted by Gasteiger charge is 2.18. The van der Waals surface area contributed by atoms with Gasteiger partial charge >= 0.3 is 6.09 Å². The Balaban J connectivity index is 1.99. The first-order valence-corrected chi connectivity index (χ1v) is 13.3. The number of nitrogen functional groups attached to an aromatic ring is 1. The number of ether oxygens (including phenoxy) is 2. The molecule has 0 aliphatic carbocycles. The standard InChI is InChI=1S/C23H28ClN7O5S/c1-5-31(6-2)18-11-19(35-3)16(10-15(18)25)29-23-27-12-14(24)21(30-23)28-17-9-13(36-22(26)32)7-8-20(17)37(4,33)34/h7-12H,5-6,25H2,1-4H3,(H2,26,32)(H2,27,28,29,30). The van der Waals surface area contributed by atoms with Crippen LogP contribution in [-0.4, -0.2) is 50.9 Å². The number of nitrogens with two attached hydrogens (primary N) is 2. The Morgan fingerprint density at radius 2 is 1.84 bits per heavy atom. The van der Waals surface area contributed by atoms with Gasteiger partial charge in [-0.2, -0.15) is 4.98 Å². The van der Waals surface area contributed by atoms with Crippen LogP contribution >= 0.6 is 11.6 Å². The van der Waals surface area contributed by atoms with Crippen molar-refractivity contribution in [3.8, 4) is 11.5 Å². The van der Waals surface area contributed by atoms with Crippen molar-refractivity contribution in [3.63, 3.8) is 0 Å². The molecule has 0 unspecified atom stereocenters. The highest BCUT2D eigenvalue weighted by atomic mass is 35.5. The van der Waals surface area contributed by atoms with E-state index in [1.807, 2.05) is 19.9 Å². The summed E-state index contributed by atoms with van der Waals surface area (Å²) >= 11 is 6.29. The second-order valence-electron chi connectivity index (χ2n) is 7.77. The lowest BCUT2D eigenvalue weighted by molar-refractivity contribution is 0.211. The molecule has 3 aromatic rings. The lowest BCUT2D eigenvalue weighted by Gasteiger charge is -2.24. The number of rotatable bonds is 10. The maximum Gasteiger partial charge on any atom is 0.409 e. The number of methoxy groups -OCH3 is 1. The molecule has 12 nitrogen and oxygen atoms in total. The third-order valence-electron chi connectivity index (χ3n) is 5.27. The Bertz CT molecular complexity index is 1410. The van der Waals surface area contributed by atoms with E-state index in [0.29, 0.717) is 17.1 Å². The minimum absolute atomic E-state index is 0.0273. The van der Waals surface area contributed by atoms with Crippen molar-refractivity contribution in [1.29, 1.82) is 0 Å². The quantitative estimate of drug-likeness (QED) is 0.270. The molecule has 1 heterocycles. The van der Waals surface area contributed by atoms with Crippen molar-refractivity contribution >= 4 is 62.0 Å². The molecule has 0 spiro atoms. The lowest BCUT2D eigenvalue weighted by atomic mass is 10.2. The fourth-order valence-electron chi connectivity index (χ4n) is 3.56. The van der Waals surface area contributed by atoms with Crippen molar-refractivity contribution < 1.29 is 22.7 Å². The molecule has 0 aliphatic rings. The van der Waals surface area contributed by atoms with Gasteiger partial charge < -0.3 is 36.5 Å². The van der Waals surface area contributed by atoms with E-state index >= 15 is 0 Å². The van der Waals surface area contributed by atoms with Gasteiger partial charge in [0.05, 0.1) is 41.0 Å². The van der Waals surface area contributed by atoms with Gasteiger partial charge in [0.25, 0.3) is 0 Å². The first kappa shape index (κ1) is 27.6. The highest BCUT2D eigenvalue weighted by Crippen LogP contribution is 2.37. The topological polar surface area (TPSA) is 175 Å². The van der Waals surface area contributed by atoms with Crippen LogP contribution in [0.4, 0.5) is 39.3 Å². The summed E-state index contributed by atoms with van der Waals surface area (Å²) in [5, 5.41) is 6.03. The number of hydrogen-bond donors (Lipinski definition) is 4. The third kappa shape index (κ3) is 6.62. The van der Waals surface area contributed by atoms with Crippen LogP contribution in [0.2, 0.25) is 5.02 Å². The van der Waals surface area contributed by atoms with Gasteiger partial charge in [0.1, 0.15) is 16.5 Å². The zero-order chi connectivity index (χ0) is 27.3. The van der Waals surface area contributed by atoms with Crippen molar-refractivity contribution in [2.24, 2.45) is 5.73 Å². The Morgan fingerprint density at radius 3 is 2.43 bits per heavy atom. The van der Waals surface area contributed by atoms with Crippen LogP contribution in [0, 0.1) is 0 Å². The predicted octanol–water partition coefficient (Wildman–Crippen LogP) is 3.92. The zero-order valence-electron chi connectivity index (χ0n) is 20.7. The normalized spacial score (nSPS) is 11.1. The van der Waals surface area contributed by atoms with Gasteiger partial charge in [-0.25, -0.2) is 18.2 Å². The van der Waals surface area contributed by atoms with Crippen LogP contribution < -0.4 is 36.5 Å². The summed E-state index contributed by atoms with van der Waals surface area (Å²) in [5.74, 6) is 0.761. The van der Waals surface area contributed by atoms with Crippen LogP contribution in [0.25, 0.3) is 0 Å². The highest BCUT2D eigenvalue weighted by molar-refractivity contribution is 7.90. The van der Waals surface area contributed by atoms with Crippen LogP contribution in [0.5, 0.6) is 11.5 Å². The molecule has 0 saturated carbocycles. The zero-order valence-corrected chi connectivity index (χ0v) is 22.3. The van der Waals surface area contributed by atoms with Crippen LogP contribution in [0.15, 0.2) is 41.4 Å². The first-order valence-electron chi connectivity index (χ1n) is 11.1. The van der Waals surface area contributed by atoms with E-state index < -0.39 is 15.9 Å². The molecule has 0 aliphatic heterocycles. The van der Waals surface area contributed by atoms with E-state index in [0.717, 1.165) is 25.0 Å². The molecule has 0 atom stereocenters. The molecule has 3 rings (SSSR count). The molecule has 37 heavy (non-hydrogen) atoms. The van der Waals surface area contributed by atoms with Gasteiger partial charge in [-0.1, -0.05) is 11.6 Å². The number of anilines is 6. The van der Waals surface area contributed by atoms with Gasteiger partial charge in [0.15, 0.2) is 15.7 Å². The summed E-state index contributed by atoms with van der Waals surface area (Å²) in [6.45, 7) is 5.60. The summed E-state index contributed by atoms with van der Waals surface area (Å²) < 4.78 is 35.0. The number of nitrogens with one attached hydrogen (secondary N) is 2. The Kier molecular flexibility index (Phi) is 8.50. The summed E-state index contributed by atoms with van der Waals surface area (Å²) in [5.41, 5.74) is 13.3. The first-order chi connectivity index (χ1) is 17.5.